The Morgan fingerprint density at radius 2 is 1.90 bits per heavy atom. The molecular formula is C15H22N2O3. The SMILES string of the molecule is CC(C)(CNC(=O)CCC(N)c1ccccc1)C(=O)O. The van der Waals surface area contributed by atoms with Crippen LogP contribution < -0.4 is 11.1 Å². The van der Waals surface area contributed by atoms with Crippen molar-refractivity contribution in [3.63, 3.8) is 0 Å². The van der Waals surface area contributed by atoms with E-state index in [0.29, 0.717) is 6.42 Å². The van der Waals surface area contributed by atoms with Gasteiger partial charge < -0.3 is 16.2 Å². The van der Waals surface area contributed by atoms with Crippen LogP contribution in [0, 0.1) is 5.41 Å². The Labute approximate surface area is 119 Å². The number of nitrogens with two attached hydrogens (primary N) is 1. The third kappa shape index (κ3) is 5.01. The van der Waals surface area contributed by atoms with Gasteiger partial charge in [0.1, 0.15) is 0 Å². The maximum Gasteiger partial charge on any atom is 0.310 e. The van der Waals surface area contributed by atoms with Gasteiger partial charge >= 0.3 is 5.97 Å². The summed E-state index contributed by atoms with van der Waals surface area (Å²) in [5, 5.41) is 11.6. The first-order valence-corrected chi connectivity index (χ1v) is 6.63. The van der Waals surface area contributed by atoms with Crippen LogP contribution in [0.3, 0.4) is 0 Å². The fourth-order valence-electron chi connectivity index (χ4n) is 1.64. The van der Waals surface area contributed by atoms with Crippen molar-refractivity contribution in [1.82, 2.24) is 5.32 Å². The summed E-state index contributed by atoms with van der Waals surface area (Å²) < 4.78 is 0. The zero-order valence-corrected chi connectivity index (χ0v) is 11.9. The summed E-state index contributed by atoms with van der Waals surface area (Å²) in [5.41, 5.74) is 6.03. The van der Waals surface area contributed by atoms with Crippen molar-refractivity contribution in [1.29, 1.82) is 0 Å². The Morgan fingerprint density at radius 3 is 2.45 bits per heavy atom. The molecule has 0 bridgehead atoms. The van der Waals surface area contributed by atoms with Crippen molar-refractivity contribution in [3.05, 3.63) is 35.9 Å². The van der Waals surface area contributed by atoms with Crippen molar-refractivity contribution in [2.45, 2.75) is 32.7 Å². The lowest BCUT2D eigenvalue weighted by Gasteiger charge is -2.19. The van der Waals surface area contributed by atoms with Gasteiger partial charge in [-0.3, -0.25) is 9.59 Å². The molecule has 0 spiro atoms. The molecule has 0 aliphatic heterocycles. The standard InChI is InChI=1S/C15H22N2O3/c1-15(2,14(19)20)10-17-13(18)9-8-12(16)11-6-4-3-5-7-11/h3-7,12H,8-10,16H2,1-2H3,(H,17,18)(H,19,20). The summed E-state index contributed by atoms with van der Waals surface area (Å²) >= 11 is 0. The molecule has 0 radical (unpaired) electrons. The van der Waals surface area contributed by atoms with Crippen LogP contribution in [0.25, 0.3) is 0 Å². The molecule has 1 aromatic carbocycles. The molecule has 0 aliphatic carbocycles. The number of benzene rings is 1. The molecule has 1 unspecified atom stereocenters. The molecule has 0 saturated heterocycles. The van der Waals surface area contributed by atoms with Gasteiger partial charge in [-0.05, 0) is 25.8 Å². The third-order valence-electron chi connectivity index (χ3n) is 3.22. The van der Waals surface area contributed by atoms with Gasteiger partial charge in [0, 0.05) is 19.0 Å². The Balaban J connectivity index is 2.35. The van der Waals surface area contributed by atoms with Gasteiger partial charge in [0.25, 0.3) is 0 Å². The van der Waals surface area contributed by atoms with Gasteiger partial charge in [-0.15, -0.1) is 0 Å². The molecule has 5 nitrogen and oxygen atoms in total. The molecule has 1 amide bonds. The number of carbonyl (C=O) groups excluding carboxylic acids is 1. The van der Waals surface area contributed by atoms with E-state index in [-0.39, 0.29) is 24.9 Å². The van der Waals surface area contributed by atoms with Gasteiger partial charge in [-0.25, -0.2) is 0 Å². The number of nitrogens with one attached hydrogen (secondary N) is 1. The monoisotopic (exact) mass is 278 g/mol. The molecule has 1 aromatic rings. The number of hydrogen-bond acceptors (Lipinski definition) is 3. The number of carboxylic acids is 1. The number of carbonyl (C=O) groups is 2. The topological polar surface area (TPSA) is 92.4 Å². The minimum Gasteiger partial charge on any atom is -0.481 e. The smallest absolute Gasteiger partial charge is 0.310 e. The first kappa shape index (κ1) is 16.2. The zero-order chi connectivity index (χ0) is 15.2. The summed E-state index contributed by atoms with van der Waals surface area (Å²) in [7, 11) is 0. The van der Waals surface area contributed by atoms with Crippen LogP contribution in [0.2, 0.25) is 0 Å². The lowest BCUT2D eigenvalue weighted by molar-refractivity contribution is -0.146. The highest BCUT2D eigenvalue weighted by molar-refractivity contribution is 5.78. The first-order chi connectivity index (χ1) is 9.33. The summed E-state index contributed by atoms with van der Waals surface area (Å²) in [6.45, 7) is 3.26. The van der Waals surface area contributed by atoms with E-state index in [9.17, 15) is 9.59 Å². The van der Waals surface area contributed by atoms with E-state index < -0.39 is 11.4 Å². The molecule has 0 saturated carbocycles. The summed E-state index contributed by atoms with van der Waals surface area (Å²) in [6, 6.07) is 9.40. The quantitative estimate of drug-likeness (QED) is 0.707. The highest BCUT2D eigenvalue weighted by Gasteiger charge is 2.27. The Kier molecular flexibility index (Phi) is 5.70. The molecule has 5 heteroatoms. The maximum atomic E-state index is 11.7. The predicted octanol–water partition coefficient (Wildman–Crippen LogP) is 1.69. The molecule has 0 aromatic heterocycles. The van der Waals surface area contributed by atoms with E-state index >= 15 is 0 Å². The van der Waals surface area contributed by atoms with E-state index in [1.54, 1.807) is 13.8 Å². The van der Waals surface area contributed by atoms with Crippen LogP contribution in [0.15, 0.2) is 30.3 Å². The fraction of sp³-hybridized carbons (Fsp3) is 0.467. The van der Waals surface area contributed by atoms with Gasteiger partial charge in [0.2, 0.25) is 5.91 Å². The Hall–Kier alpha value is -1.88. The number of hydrogen-bond donors (Lipinski definition) is 3. The van der Waals surface area contributed by atoms with Gasteiger partial charge in [-0.1, -0.05) is 30.3 Å². The van der Waals surface area contributed by atoms with Crippen molar-refractivity contribution < 1.29 is 14.7 Å². The number of rotatable bonds is 7. The van der Waals surface area contributed by atoms with Crippen molar-refractivity contribution in [2.75, 3.05) is 6.54 Å². The summed E-state index contributed by atoms with van der Waals surface area (Å²) in [6.07, 6.45) is 0.815. The fourth-order valence-corrected chi connectivity index (χ4v) is 1.64. The van der Waals surface area contributed by atoms with Gasteiger partial charge in [0.15, 0.2) is 0 Å². The molecular weight excluding hydrogens is 256 g/mol. The van der Waals surface area contributed by atoms with Crippen molar-refractivity contribution >= 4 is 11.9 Å². The Bertz CT molecular complexity index is 457. The number of aliphatic carboxylic acids is 1. The van der Waals surface area contributed by atoms with Crippen LogP contribution in [-0.4, -0.2) is 23.5 Å². The van der Waals surface area contributed by atoms with Crippen LogP contribution in [0.4, 0.5) is 0 Å². The molecule has 1 rings (SSSR count). The maximum absolute atomic E-state index is 11.7. The predicted molar refractivity (Wildman–Crippen MR) is 77.0 cm³/mol. The van der Waals surface area contributed by atoms with E-state index in [2.05, 4.69) is 5.32 Å². The molecule has 0 heterocycles. The average molecular weight is 278 g/mol. The molecule has 20 heavy (non-hydrogen) atoms. The van der Waals surface area contributed by atoms with E-state index in [1.807, 2.05) is 30.3 Å². The second kappa shape index (κ2) is 7.05. The van der Waals surface area contributed by atoms with Crippen LogP contribution in [0.5, 0.6) is 0 Å². The van der Waals surface area contributed by atoms with Crippen molar-refractivity contribution in [2.24, 2.45) is 11.1 Å². The largest absolute Gasteiger partial charge is 0.481 e. The minimum absolute atomic E-state index is 0.113. The van der Waals surface area contributed by atoms with E-state index in [1.165, 1.54) is 0 Å². The third-order valence-corrected chi connectivity index (χ3v) is 3.22. The second-order valence-corrected chi connectivity index (χ2v) is 5.52. The summed E-state index contributed by atoms with van der Waals surface area (Å²) in [4.78, 5) is 22.6. The molecule has 0 aliphatic rings. The van der Waals surface area contributed by atoms with Gasteiger partial charge in [0.05, 0.1) is 5.41 Å². The van der Waals surface area contributed by atoms with Gasteiger partial charge in [-0.2, -0.15) is 0 Å². The second-order valence-electron chi connectivity index (χ2n) is 5.52. The molecule has 0 fully saturated rings. The highest BCUT2D eigenvalue weighted by atomic mass is 16.4. The average Bonchev–Trinajstić information content (AvgIpc) is 2.43. The lowest BCUT2D eigenvalue weighted by atomic mass is 9.94. The normalized spacial score (nSPS) is 12.8. The summed E-state index contributed by atoms with van der Waals surface area (Å²) in [5.74, 6) is -1.11. The molecule has 110 valence electrons. The van der Waals surface area contributed by atoms with Crippen LogP contribution in [-0.2, 0) is 9.59 Å². The minimum atomic E-state index is -0.961. The van der Waals surface area contributed by atoms with Crippen molar-refractivity contribution in [3.8, 4) is 0 Å². The lowest BCUT2D eigenvalue weighted by Crippen LogP contribution is -2.39. The van der Waals surface area contributed by atoms with Crippen LogP contribution in [0.1, 0.15) is 38.3 Å². The molecule has 1 atom stereocenters. The Morgan fingerprint density at radius 1 is 1.30 bits per heavy atom. The number of carboxylic acid groups (broad SMARTS) is 1. The zero-order valence-electron chi connectivity index (χ0n) is 11.9. The van der Waals surface area contributed by atoms with Crippen LogP contribution >= 0.6 is 0 Å². The van der Waals surface area contributed by atoms with E-state index in [4.69, 9.17) is 10.8 Å². The molecule has 4 N–H and O–H groups in total. The first-order valence-electron chi connectivity index (χ1n) is 6.63. The highest BCUT2D eigenvalue weighted by Crippen LogP contribution is 2.16. The van der Waals surface area contributed by atoms with E-state index in [0.717, 1.165) is 5.56 Å². The number of amides is 1.